The third kappa shape index (κ3) is 3.25. The molecule has 1 aliphatic carbocycles. The molecule has 1 aliphatic rings. The fraction of sp³-hybridized carbons (Fsp3) is 1.00. The SMILES string of the molecule is CC[C@@H](CO)NC1CCC(C)C(C)C1. The molecule has 0 radical (unpaired) electrons. The van der Waals surface area contributed by atoms with Crippen LogP contribution in [0, 0.1) is 11.8 Å². The first-order valence-corrected chi connectivity index (χ1v) is 6.04. The maximum Gasteiger partial charge on any atom is 0.0584 e. The number of aliphatic hydroxyl groups excluding tert-OH is 1. The molecule has 0 spiro atoms. The van der Waals surface area contributed by atoms with E-state index in [1.54, 1.807) is 0 Å². The van der Waals surface area contributed by atoms with Gasteiger partial charge in [0.2, 0.25) is 0 Å². The zero-order chi connectivity index (χ0) is 10.6. The number of nitrogens with one attached hydrogen (secondary N) is 1. The van der Waals surface area contributed by atoms with Gasteiger partial charge in [0.1, 0.15) is 0 Å². The average Bonchev–Trinajstić information content (AvgIpc) is 2.19. The molecule has 2 heteroatoms. The van der Waals surface area contributed by atoms with E-state index in [1.165, 1.54) is 19.3 Å². The van der Waals surface area contributed by atoms with Gasteiger partial charge in [0, 0.05) is 12.1 Å². The first kappa shape index (κ1) is 12.0. The van der Waals surface area contributed by atoms with E-state index in [2.05, 4.69) is 26.1 Å². The molecule has 14 heavy (non-hydrogen) atoms. The molecule has 2 nitrogen and oxygen atoms in total. The Morgan fingerprint density at radius 2 is 2.00 bits per heavy atom. The second-order valence-electron chi connectivity index (χ2n) is 4.92. The lowest BCUT2D eigenvalue weighted by molar-refractivity contribution is 0.180. The van der Waals surface area contributed by atoms with Crippen LogP contribution >= 0.6 is 0 Å². The highest BCUT2D eigenvalue weighted by atomic mass is 16.3. The molecule has 2 N–H and O–H groups in total. The van der Waals surface area contributed by atoms with E-state index in [9.17, 15) is 0 Å². The third-order valence-corrected chi connectivity index (χ3v) is 3.78. The fourth-order valence-electron chi connectivity index (χ4n) is 2.33. The summed E-state index contributed by atoms with van der Waals surface area (Å²) in [5.41, 5.74) is 0. The predicted molar refractivity (Wildman–Crippen MR) is 60.3 cm³/mol. The second-order valence-corrected chi connectivity index (χ2v) is 4.92. The van der Waals surface area contributed by atoms with E-state index in [0.29, 0.717) is 12.1 Å². The van der Waals surface area contributed by atoms with E-state index in [1.807, 2.05) is 0 Å². The molecule has 0 heterocycles. The average molecular weight is 199 g/mol. The smallest absolute Gasteiger partial charge is 0.0584 e. The summed E-state index contributed by atoms with van der Waals surface area (Å²) in [6.07, 6.45) is 4.91. The van der Waals surface area contributed by atoms with E-state index in [-0.39, 0.29) is 6.61 Å². The molecule has 0 aliphatic heterocycles. The summed E-state index contributed by atoms with van der Waals surface area (Å²) >= 11 is 0. The third-order valence-electron chi connectivity index (χ3n) is 3.78. The summed E-state index contributed by atoms with van der Waals surface area (Å²) in [6.45, 7) is 7.10. The lowest BCUT2D eigenvalue weighted by Crippen LogP contribution is -2.43. The van der Waals surface area contributed by atoms with E-state index in [4.69, 9.17) is 5.11 Å². The highest BCUT2D eigenvalue weighted by Gasteiger charge is 2.25. The number of aliphatic hydroxyl groups is 1. The zero-order valence-corrected chi connectivity index (χ0v) is 9.79. The summed E-state index contributed by atoms with van der Waals surface area (Å²) in [6, 6.07) is 0.943. The van der Waals surface area contributed by atoms with Crippen molar-refractivity contribution in [2.45, 2.75) is 58.5 Å². The summed E-state index contributed by atoms with van der Waals surface area (Å²) in [5, 5.41) is 12.7. The number of hydrogen-bond acceptors (Lipinski definition) is 2. The van der Waals surface area contributed by atoms with Crippen molar-refractivity contribution in [2.24, 2.45) is 11.8 Å². The summed E-state index contributed by atoms with van der Waals surface area (Å²) < 4.78 is 0. The van der Waals surface area contributed by atoms with Crippen molar-refractivity contribution in [1.29, 1.82) is 0 Å². The zero-order valence-electron chi connectivity index (χ0n) is 9.79. The van der Waals surface area contributed by atoms with Crippen LogP contribution in [0.15, 0.2) is 0 Å². The predicted octanol–water partition coefficient (Wildman–Crippen LogP) is 2.17. The van der Waals surface area contributed by atoms with Crippen LogP contribution in [0.3, 0.4) is 0 Å². The first-order valence-electron chi connectivity index (χ1n) is 6.04. The Hall–Kier alpha value is -0.0800. The summed E-state index contributed by atoms with van der Waals surface area (Å²) in [7, 11) is 0. The molecular weight excluding hydrogens is 174 g/mol. The Labute approximate surface area is 88.1 Å². The van der Waals surface area contributed by atoms with Crippen LogP contribution in [0.5, 0.6) is 0 Å². The van der Waals surface area contributed by atoms with Crippen molar-refractivity contribution < 1.29 is 5.11 Å². The number of hydrogen-bond donors (Lipinski definition) is 2. The standard InChI is InChI=1S/C12H25NO/c1-4-11(8-14)13-12-6-5-9(2)10(3)7-12/h9-14H,4-8H2,1-3H3/t9?,10?,11-,12?/m0/s1. The van der Waals surface area contributed by atoms with Crippen molar-refractivity contribution in [2.75, 3.05) is 6.61 Å². The minimum Gasteiger partial charge on any atom is -0.395 e. The van der Waals surface area contributed by atoms with Gasteiger partial charge >= 0.3 is 0 Å². The molecule has 1 fully saturated rings. The van der Waals surface area contributed by atoms with Crippen molar-refractivity contribution in [3.05, 3.63) is 0 Å². The van der Waals surface area contributed by atoms with Crippen molar-refractivity contribution in [3.63, 3.8) is 0 Å². The Bertz CT molecular complexity index is 156. The normalized spacial score (nSPS) is 35.6. The topological polar surface area (TPSA) is 32.3 Å². The lowest BCUT2D eigenvalue weighted by Gasteiger charge is -2.34. The van der Waals surface area contributed by atoms with E-state index < -0.39 is 0 Å². The molecule has 0 amide bonds. The van der Waals surface area contributed by atoms with Crippen LogP contribution in [0.1, 0.15) is 46.5 Å². The van der Waals surface area contributed by atoms with Crippen molar-refractivity contribution in [3.8, 4) is 0 Å². The van der Waals surface area contributed by atoms with E-state index >= 15 is 0 Å². The van der Waals surface area contributed by atoms with Gasteiger partial charge in [-0.25, -0.2) is 0 Å². The molecular formula is C12H25NO. The van der Waals surface area contributed by atoms with Gasteiger partial charge in [0.05, 0.1) is 6.61 Å². The Morgan fingerprint density at radius 1 is 1.29 bits per heavy atom. The Morgan fingerprint density at radius 3 is 2.50 bits per heavy atom. The lowest BCUT2D eigenvalue weighted by atomic mass is 9.79. The molecule has 0 aromatic carbocycles. The maximum absolute atomic E-state index is 9.11. The molecule has 1 saturated carbocycles. The first-order chi connectivity index (χ1) is 6.67. The number of rotatable bonds is 4. The molecule has 0 bridgehead atoms. The molecule has 84 valence electrons. The quantitative estimate of drug-likeness (QED) is 0.727. The van der Waals surface area contributed by atoms with Gasteiger partial charge < -0.3 is 10.4 Å². The molecule has 1 rings (SSSR count). The molecule has 0 aromatic rings. The highest BCUT2D eigenvalue weighted by Crippen LogP contribution is 2.29. The van der Waals surface area contributed by atoms with Crippen molar-refractivity contribution in [1.82, 2.24) is 5.32 Å². The van der Waals surface area contributed by atoms with Crippen LogP contribution < -0.4 is 5.32 Å². The highest BCUT2D eigenvalue weighted by molar-refractivity contribution is 4.82. The van der Waals surface area contributed by atoms with Gasteiger partial charge in [-0.3, -0.25) is 0 Å². The molecule has 3 unspecified atom stereocenters. The molecule has 0 aromatic heterocycles. The second kappa shape index (κ2) is 5.72. The minimum atomic E-state index is 0.275. The largest absolute Gasteiger partial charge is 0.395 e. The van der Waals surface area contributed by atoms with Crippen LogP contribution in [0.2, 0.25) is 0 Å². The molecule has 0 saturated heterocycles. The summed E-state index contributed by atoms with van der Waals surface area (Å²) in [4.78, 5) is 0. The van der Waals surface area contributed by atoms with Crippen LogP contribution in [-0.4, -0.2) is 23.8 Å². The van der Waals surface area contributed by atoms with Gasteiger partial charge in [0.25, 0.3) is 0 Å². The Balaban J connectivity index is 2.32. The van der Waals surface area contributed by atoms with Crippen LogP contribution in [-0.2, 0) is 0 Å². The van der Waals surface area contributed by atoms with Gasteiger partial charge in [-0.1, -0.05) is 20.8 Å². The van der Waals surface area contributed by atoms with Gasteiger partial charge in [0.15, 0.2) is 0 Å². The maximum atomic E-state index is 9.11. The van der Waals surface area contributed by atoms with Crippen LogP contribution in [0.4, 0.5) is 0 Å². The summed E-state index contributed by atoms with van der Waals surface area (Å²) in [5.74, 6) is 1.71. The minimum absolute atomic E-state index is 0.275. The van der Waals surface area contributed by atoms with Gasteiger partial charge in [-0.15, -0.1) is 0 Å². The molecule has 4 atom stereocenters. The van der Waals surface area contributed by atoms with E-state index in [0.717, 1.165) is 18.3 Å². The Kier molecular flexibility index (Phi) is 4.90. The van der Waals surface area contributed by atoms with Gasteiger partial charge in [-0.05, 0) is 37.5 Å². The van der Waals surface area contributed by atoms with Gasteiger partial charge in [-0.2, -0.15) is 0 Å². The monoisotopic (exact) mass is 199 g/mol. The van der Waals surface area contributed by atoms with Crippen molar-refractivity contribution >= 4 is 0 Å². The van der Waals surface area contributed by atoms with Crippen LogP contribution in [0.25, 0.3) is 0 Å². The fourth-order valence-corrected chi connectivity index (χ4v) is 2.33.